The van der Waals surface area contributed by atoms with Crippen LogP contribution in [0.3, 0.4) is 0 Å². The number of imidazole rings is 1. The molecule has 13 nitrogen and oxygen atoms in total. The highest BCUT2D eigenvalue weighted by molar-refractivity contribution is 5.94. The number of aromatic nitrogens is 4. The number of benzene rings is 2. The summed E-state index contributed by atoms with van der Waals surface area (Å²) in [6.07, 6.45) is 8.36. The van der Waals surface area contributed by atoms with Gasteiger partial charge in [-0.3, -0.25) is 14.2 Å². The highest BCUT2D eigenvalue weighted by atomic mass is 16.8. The van der Waals surface area contributed by atoms with E-state index in [9.17, 15) is 9.59 Å². The van der Waals surface area contributed by atoms with Crippen LogP contribution in [0.15, 0.2) is 67.3 Å². The number of hydrogen-bond acceptors (Lipinski definition) is 10. The summed E-state index contributed by atoms with van der Waals surface area (Å²) in [5.41, 5.74) is 4.42. The van der Waals surface area contributed by atoms with Crippen LogP contribution >= 0.6 is 0 Å². The third-order valence-electron chi connectivity index (χ3n) is 11.7. The smallest absolute Gasteiger partial charge is 0.252 e. The molecule has 2 amide bonds. The highest BCUT2D eigenvalue weighted by Crippen LogP contribution is 2.44. The molecule has 13 heteroatoms. The van der Waals surface area contributed by atoms with E-state index < -0.39 is 30.3 Å². The van der Waals surface area contributed by atoms with Crippen LogP contribution in [0.5, 0.6) is 0 Å². The normalized spacial score (nSPS) is 24.9. The topological polar surface area (TPSA) is 136 Å². The predicted molar refractivity (Wildman–Crippen MR) is 209 cm³/mol. The number of piperidine rings is 1. The fourth-order valence-electron chi connectivity index (χ4n) is 8.78. The second-order valence-corrected chi connectivity index (χ2v) is 15.9. The summed E-state index contributed by atoms with van der Waals surface area (Å²) in [6.45, 7) is 10.5. The van der Waals surface area contributed by atoms with E-state index in [1.807, 2.05) is 61.4 Å². The first-order chi connectivity index (χ1) is 26.7. The first-order valence-electron chi connectivity index (χ1n) is 20.1. The molecule has 1 unspecified atom stereocenters. The predicted octanol–water partition coefficient (Wildman–Crippen LogP) is 5.93. The summed E-state index contributed by atoms with van der Waals surface area (Å²) < 4.78 is 20.9. The Morgan fingerprint density at radius 2 is 1.67 bits per heavy atom. The van der Waals surface area contributed by atoms with Crippen LogP contribution in [-0.2, 0) is 30.2 Å². The van der Waals surface area contributed by atoms with Gasteiger partial charge in [0.25, 0.3) is 5.91 Å². The van der Waals surface area contributed by atoms with Crippen molar-refractivity contribution in [2.24, 2.45) is 0 Å². The van der Waals surface area contributed by atoms with Crippen LogP contribution in [0.2, 0.25) is 0 Å². The Kier molecular flexibility index (Phi) is 10.9. The lowest BCUT2D eigenvalue weighted by atomic mass is 10.00. The van der Waals surface area contributed by atoms with Gasteiger partial charge >= 0.3 is 0 Å². The van der Waals surface area contributed by atoms with Gasteiger partial charge in [0.2, 0.25) is 5.91 Å². The minimum Gasteiger partial charge on any atom is -0.365 e. The molecule has 2 N–H and O–H groups in total. The van der Waals surface area contributed by atoms with Gasteiger partial charge in [-0.15, -0.1) is 0 Å². The zero-order valence-corrected chi connectivity index (χ0v) is 32.4. The van der Waals surface area contributed by atoms with Gasteiger partial charge < -0.3 is 34.6 Å². The first-order valence-corrected chi connectivity index (χ1v) is 20.1. The molecule has 2 aromatic heterocycles. The van der Waals surface area contributed by atoms with Gasteiger partial charge in [0, 0.05) is 43.8 Å². The number of carbonyl (C=O) groups excluding carboxylic acids is 2. The number of anilines is 2. The summed E-state index contributed by atoms with van der Waals surface area (Å²) in [5, 5.41) is 6.71. The quantitative estimate of drug-likeness (QED) is 0.180. The number of likely N-dealkylation sites (tertiary alicyclic amines) is 1. The van der Waals surface area contributed by atoms with Crippen LogP contribution in [0.1, 0.15) is 96.0 Å². The molecule has 3 aliphatic heterocycles. The number of hydrogen-bond donors (Lipinski definition) is 2. The number of ether oxygens (including phenoxy) is 3. The van der Waals surface area contributed by atoms with Crippen LogP contribution in [0.4, 0.5) is 11.5 Å². The largest absolute Gasteiger partial charge is 0.365 e. The molecule has 8 rings (SSSR count). The van der Waals surface area contributed by atoms with Gasteiger partial charge in [0.05, 0.1) is 12.4 Å². The Hall–Kier alpha value is -4.43. The van der Waals surface area contributed by atoms with Crippen molar-refractivity contribution in [2.45, 2.75) is 128 Å². The summed E-state index contributed by atoms with van der Waals surface area (Å²) >= 11 is 0. The van der Waals surface area contributed by atoms with Crippen molar-refractivity contribution in [1.29, 1.82) is 0 Å². The number of carbonyl (C=O) groups is 2. The fourth-order valence-corrected chi connectivity index (χ4v) is 8.78. The van der Waals surface area contributed by atoms with Crippen molar-refractivity contribution >= 4 is 34.5 Å². The van der Waals surface area contributed by atoms with Gasteiger partial charge in [-0.05, 0) is 76.1 Å². The average molecular weight is 751 g/mol. The molecule has 0 spiro atoms. The summed E-state index contributed by atoms with van der Waals surface area (Å²) in [7, 11) is 0. The minimum absolute atomic E-state index is 0.125. The van der Waals surface area contributed by atoms with Crippen LogP contribution < -0.4 is 15.5 Å². The minimum atomic E-state index is -0.926. The molecule has 5 atom stereocenters. The molecule has 2 aromatic carbocycles. The lowest BCUT2D eigenvalue weighted by Crippen LogP contribution is -2.48. The molecule has 292 valence electrons. The summed E-state index contributed by atoms with van der Waals surface area (Å²) in [5.74, 6) is -0.372. The van der Waals surface area contributed by atoms with Crippen molar-refractivity contribution in [3.63, 3.8) is 0 Å². The van der Waals surface area contributed by atoms with E-state index in [1.165, 1.54) is 24.7 Å². The molecule has 4 fully saturated rings. The first kappa shape index (κ1) is 37.5. The maximum Gasteiger partial charge on any atom is 0.252 e. The van der Waals surface area contributed by atoms with Crippen molar-refractivity contribution in [1.82, 2.24) is 29.7 Å². The number of fused-ring (bicyclic) bond motifs is 2. The van der Waals surface area contributed by atoms with Crippen LogP contribution in [0.25, 0.3) is 11.2 Å². The molecule has 5 heterocycles. The Balaban J connectivity index is 0.923. The molecule has 4 aliphatic rings. The lowest BCUT2D eigenvalue weighted by Gasteiger charge is -2.38. The van der Waals surface area contributed by atoms with Gasteiger partial charge in [0.15, 0.2) is 35.1 Å². The highest BCUT2D eigenvalue weighted by Gasteiger charge is 2.58. The maximum atomic E-state index is 14.0. The van der Waals surface area contributed by atoms with E-state index in [2.05, 4.69) is 60.8 Å². The number of nitrogens with zero attached hydrogens (tertiary/aromatic N) is 6. The number of nitrogens with one attached hydrogen (secondary N) is 2. The standard InChI is InChI=1S/C42H54N8O5/c1-5-33(51)50(32-20-23-48(24-21-32)22-19-28-11-7-6-8-12-28)31-17-15-29(16-18-31)27(2)46-40(52)36-35-37(55-42(3,4)54-35)41(53-36)49-26-45-34-38(43-25-44-39(34)49)47-30-13-9-10-14-30/h6-8,11-12,15-18,25-27,30,32,35-37,41H,5,9-10,13-14,19-24H2,1-4H3,(H,46,52)(H,43,44,47)/t27?,35-,36+,37-,41-/m1/s1. The summed E-state index contributed by atoms with van der Waals surface area (Å²) in [4.78, 5) is 45.5. The number of rotatable bonds is 12. The Morgan fingerprint density at radius 3 is 2.40 bits per heavy atom. The SMILES string of the molecule is CCC(=O)N(c1ccc(C(C)NC(=O)[C@H]2O[C@@H](n3cnc4c(NC5CCCC5)ncnc43)[C@@H]3OC(C)(C)O[C@@H]32)cc1)C1CCN(CCc2ccccc2)CC1. The van der Waals surface area contributed by atoms with E-state index >= 15 is 0 Å². The van der Waals surface area contributed by atoms with E-state index in [-0.39, 0.29) is 23.9 Å². The summed E-state index contributed by atoms with van der Waals surface area (Å²) in [6, 6.07) is 18.8. The Morgan fingerprint density at radius 1 is 0.945 bits per heavy atom. The monoisotopic (exact) mass is 750 g/mol. The molecule has 0 bridgehead atoms. The zero-order chi connectivity index (χ0) is 38.1. The number of amides is 2. The van der Waals surface area contributed by atoms with Gasteiger partial charge in [-0.2, -0.15) is 0 Å². The van der Waals surface area contributed by atoms with E-state index in [4.69, 9.17) is 14.2 Å². The molecular weight excluding hydrogens is 697 g/mol. The van der Waals surface area contributed by atoms with E-state index in [1.54, 1.807) is 6.33 Å². The molecule has 1 saturated carbocycles. The molecule has 3 saturated heterocycles. The van der Waals surface area contributed by atoms with Crippen molar-refractivity contribution in [3.05, 3.63) is 78.4 Å². The van der Waals surface area contributed by atoms with Crippen molar-refractivity contribution in [3.8, 4) is 0 Å². The second kappa shape index (κ2) is 16.0. The van der Waals surface area contributed by atoms with Gasteiger partial charge in [-0.25, -0.2) is 15.0 Å². The molecule has 4 aromatic rings. The molecule has 0 radical (unpaired) electrons. The Bertz CT molecular complexity index is 1940. The zero-order valence-electron chi connectivity index (χ0n) is 32.4. The van der Waals surface area contributed by atoms with Crippen molar-refractivity contribution in [2.75, 3.05) is 29.9 Å². The lowest BCUT2D eigenvalue weighted by molar-refractivity contribution is -0.197. The van der Waals surface area contributed by atoms with Gasteiger partial charge in [0.1, 0.15) is 18.5 Å². The third-order valence-corrected chi connectivity index (χ3v) is 11.7. The van der Waals surface area contributed by atoms with Crippen molar-refractivity contribution < 1.29 is 23.8 Å². The molecule has 55 heavy (non-hydrogen) atoms. The third kappa shape index (κ3) is 7.98. The molecular formula is C42H54N8O5. The van der Waals surface area contributed by atoms with E-state index in [0.717, 1.165) is 63.0 Å². The maximum absolute atomic E-state index is 14.0. The van der Waals surface area contributed by atoms with Crippen LogP contribution in [0, 0.1) is 0 Å². The Labute approximate surface area is 323 Å². The van der Waals surface area contributed by atoms with Gasteiger partial charge in [-0.1, -0.05) is 62.2 Å². The van der Waals surface area contributed by atoms with Crippen LogP contribution in [-0.4, -0.2) is 92.1 Å². The van der Waals surface area contributed by atoms with E-state index in [0.29, 0.717) is 29.4 Å². The molecule has 1 aliphatic carbocycles. The average Bonchev–Trinajstić information content (AvgIpc) is 4.00. The fraction of sp³-hybridized carbons (Fsp3) is 0.548. The second-order valence-electron chi connectivity index (χ2n) is 15.9.